The first-order valence-corrected chi connectivity index (χ1v) is 3.95. The van der Waals surface area contributed by atoms with E-state index in [0.29, 0.717) is 0 Å². The fourth-order valence-corrected chi connectivity index (χ4v) is 0.618. The first kappa shape index (κ1) is 12.4. The van der Waals surface area contributed by atoms with E-state index in [0.717, 1.165) is 6.92 Å². The van der Waals surface area contributed by atoms with E-state index in [4.69, 9.17) is 5.11 Å². The SMILES string of the molecule is CC(=O)O[C@@H](C)C(=O)OC(C)C(=O)O. The van der Waals surface area contributed by atoms with Crippen molar-refractivity contribution in [3.63, 3.8) is 0 Å². The minimum atomic E-state index is -1.26. The van der Waals surface area contributed by atoms with E-state index in [1.54, 1.807) is 0 Å². The molecule has 0 aromatic heterocycles. The molecule has 2 atom stereocenters. The Balaban J connectivity index is 4.07. The number of esters is 2. The van der Waals surface area contributed by atoms with Gasteiger partial charge in [-0.3, -0.25) is 4.79 Å². The van der Waals surface area contributed by atoms with Crippen molar-refractivity contribution in [3.8, 4) is 0 Å². The maximum atomic E-state index is 11.0. The van der Waals surface area contributed by atoms with Crippen molar-refractivity contribution in [3.05, 3.63) is 0 Å². The molecule has 1 N–H and O–H groups in total. The number of rotatable bonds is 4. The summed E-state index contributed by atoms with van der Waals surface area (Å²) in [4.78, 5) is 31.8. The topological polar surface area (TPSA) is 89.9 Å². The van der Waals surface area contributed by atoms with Gasteiger partial charge in [0.1, 0.15) is 0 Å². The van der Waals surface area contributed by atoms with E-state index in [9.17, 15) is 14.4 Å². The van der Waals surface area contributed by atoms with Crippen molar-refractivity contribution in [2.24, 2.45) is 0 Å². The summed E-state index contributed by atoms with van der Waals surface area (Å²) in [7, 11) is 0. The molecule has 6 nitrogen and oxygen atoms in total. The third-order valence-corrected chi connectivity index (χ3v) is 1.32. The lowest BCUT2D eigenvalue weighted by Gasteiger charge is -2.13. The highest BCUT2D eigenvalue weighted by Gasteiger charge is 2.22. The van der Waals surface area contributed by atoms with Crippen molar-refractivity contribution in [2.75, 3.05) is 0 Å². The molecule has 0 aromatic rings. The van der Waals surface area contributed by atoms with Crippen LogP contribution >= 0.6 is 0 Å². The van der Waals surface area contributed by atoms with Gasteiger partial charge in [0.15, 0.2) is 12.2 Å². The van der Waals surface area contributed by atoms with Crippen LogP contribution < -0.4 is 0 Å². The van der Waals surface area contributed by atoms with E-state index in [2.05, 4.69) is 9.47 Å². The quantitative estimate of drug-likeness (QED) is 0.646. The molecule has 0 spiro atoms. The second kappa shape index (κ2) is 5.21. The number of carboxylic acid groups (broad SMARTS) is 1. The Morgan fingerprint density at radius 3 is 1.93 bits per heavy atom. The van der Waals surface area contributed by atoms with Crippen LogP contribution in [0.15, 0.2) is 0 Å². The molecule has 0 bridgehead atoms. The number of aliphatic carboxylic acids is 1. The standard InChI is InChI=1S/C8H12O6/c1-4(7(10)11)14-8(12)5(2)13-6(3)9/h4-5H,1-3H3,(H,10,11)/t4?,5-/m0/s1. The summed E-state index contributed by atoms with van der Waals surface area (Å²) in [5.74, 6) is -2.76. The molecule has 80 valence electrons. The smallest absolute Gasteiger partial charge is 0.347 e. The number of hydrogen-bond donors (Lipinski definition) is 1. The van der Waals surface area contributed by atoms with Gasteiger partial charge in [0, 0.05) is 6.92 Å². The Bertz CT molecular complexity index is 246. The summed E-state index contributed by atoms with van der Waals surface area (Å²) in [5.41, 5.74) is 0. The van der Waals surface area contributed by atoms with E-state index >= 15 is 0 Å². The summed E-state index contributed by atoms with van der Waals surface area (Å²) < 4.78 is 8.94. The van der Waals surface area contributed by atoms with Crippen molar-refractivity contribution in [2.45, 2.75) is 33.0 Å². The molecule has 0 rings (SSSR count). The summed E-state index contributed by atoms with van der Waals surface area (Å²) in [6.45, 7) is 3.66. The molecule has 0 aliphatic carbocycles. The van der Waals surface area contributed by atoms with Gasteiger partial charge in [-0.05, 0) is 13.8 Å². The molecule has 0 aromatic carbocycles. The van der Waals surface area contributed by atoms with E-state index < -0.39 is 30.1 Å². The molecule has 0 aliphatic heterocycles. The Morgan fingerprint density at radius 1 is 1.07 bits per heavy atom. The minimum absolute atomic E-state index is 0.627. The maximum absolute atomic E-state index is 11.0. The summed E-state index contributed by atoms with van der Waals surface area (Å²) in [6, 6.07) is 0. The summed E-state index contributed by atoms with van der Waals surface area (Å²) in [5, 5.41) is 8.41. The second-order valence-electron chi connectivity index (χ2n) is 2.67. The Hall–Kier alpha value is -1.59. The van der Waals surface area contributed by atoms with Gasteiger partial charge in [-0.2, -0.15) is 0 Å². The molecule has 1 unspecified atom stereocenters. The van der Waals surface area contributed by atoms with Crippen molar-refractivity contribution < 1.29 is 29.0 Å². The lowest BCUT2D eigenvalue weighted by molar-refractivity contribution is -0.174. The Morgan fingerprint density at radius 2 is 1.57 bits per heavy atom. The molecule has 0 aliphatic rings. The summed E-state index contributed by atoms with van der Waals surface area (Å²) in [6.07, 6.45) is -2.34. The zero-order valence-electron chi connectivity index (χ0n) is 8.14. The average Bonchev–Trinajstić information content (AvgIpc) is 2.02. The molecule has 0 amide bonds. The zero-order chi connectivity index (χ0) is 11.3. The van der Waals surface area contributed by atoms with Gasteiger partial charge in [0.05, 0.1) is 0 Å². The third kappa shape index (κ3) is 4.44. The molecule has 0 saturated carbocycles. The predicted molar refractivity (Wildman–Crippen MR) is 44.4 cm³/mol. The monoisotopic (exact) mass is 204 g/mol. The predicted octanol–water partition coefficient (Wildman–Crippen LogP) is -0.0457. The van der Waals surface area contributed by atoms with E-state index in [-0.39, 0.29) is 0 Å². The first-order valence-electron chi connectivity index (χ1n) is 3.95. The minimum Gasteiger partial charge on any atom is -0.479 e. The van der Waals surface area contributed by atoms with Crippen LogP contribution in [0.25, 0.3) is 0 Å². The van der Waals surface area contributed by atoms with Gasteiger partial charge in [-0.15, -0.1) is 0 Å². The second-order valence-corrected chi connectivity index (χ2v) is 2.67. The maximum Gasteiger partial charge on any atom is 0.347 e. The molecular formula is C8H12O6. The highest BCUT2D eigenvalue weighted by molar-refractivity contribution is 5.81. The van der Waals surface area contributed by atoms with Gasteiger partial charge in [0.25, 0.3) is 0 Å². The van der Waals surface area contributed by atoms with Gasteiger partial charge >= 0.3 is 17.9 Å². The van der Waals surface area contributed by atoms with Gasteiger partial charge in [-0.1, -0.05) is 0 Å². The molecule has 6 heteroatoms. The normalized spacial score (nSPS) is 13.9. The van der Waals surface area contributed by atoms with Crippen LogP contribution in [0.4, 0.5) is 0 Å². The number of carboxylic acids is 1. The van der Waals surface area contributed by atoms with Crippen LogP contribution in [0.2, 0.25) is 0 Å². The molecule has 0 heterocycles. The number of ether oxygens (including phenoxy) is 2. The fraction of sp³-hybridized carbons (Fsp3) is 0.625. The highest BCUT2D eigenvalue weighted by atomic mass is 16.6. The van der Waals surface area contributed by atoms with Crippen LogP contribution in [0.3, 0.4) is 0 Å². The average molecular weight is 204 g/mol. The lowest BCUT2D eigenvalue weighted by atomic mass is 10.4. The van der Waals surface area contributed by atoms with Gasteiger partial charge in [-0.25, -0.2) is 9.59 Å². The Labute approximate surface area is 80.8 Å². The van der Waals surface area contributed by atoms with Crippen LogP contribution in [0.1, 0.15) is 20.8 Å². The van der Waals surface area contributed by atoms with Crippen LogP contribution in [0, 0.1) is 0 Å². The lowest BCUT2D eigenvalue weighted by Crippen LogP contribution is -2.31. The van der Waals surface area contributed by atoms with Crippen molar-refractivity contribution >= 4 is 17.9 Å². The number of carbonyl (C=O) groups excluding carboxylic acids is 2. The Kier molecular flexibility index (Phi) is 4.62. The molecular weight excluding hydrogens is 192 g/mol. The molecule has 0 radical (unpaired) electrons. The van der Waals surface area contributed by atoms with Crippen molar-refractivity contribution in [1.29, 1.82) is 0 Å². The van der Waals surface area contributed by atoms with E-state index in [1.807, 2.05) is 0 Å². The van der Waals surface area contributed by atoms with Crippen LogP contribution in [0.5, 0.6) is 0 Å². The molecule has 0 fully saturated rings. The fourth-order valence-electron chi connectivity index (χ4n) is 0.618. The molecule has 14 heavy (non-hydrogen) atoms. The van der Waals surface area contributed by atoms with Crippen molar-refractivity contribution in [1.82, 2.24) is 0 Å². The largest absolute Gasteiger partial charge is 0.479 e. The van der Waals surface area contributed by atoms with E-state index in [1.165, 1.54) is 13.8 Å². The first-order chi connectivity index (χ1) is 6.34. The third-order valence-electron chi connectivity index (χ3n) is 1.32. The van der Waals surface area contributed by atoms with Crippen LogP contribution in [-0.2, 0) is 23.9 Å². The highest BCUT2D eigenvalue weighted by Crippen LogP contribution is 1.99. The zero-order valence-corrected chi connectivity index (χ0v) is 8.14. The number of hydrogen-bond acceptors (Lipinski definition) is 5. The van der Waals surface area contributed by atoms with Gasteiger partial charge < -0.3 is 14.6 Å². The molecule has 0 saturated heterocycles. The number of carbonyl (C=O) groups is 3. The van der Waals surface area contributed by atoms with Crippen LogP contribution in [-0.4, -0.2) is 35.2 Å². The van der Waals surface area contributed by atoms with Gasteiger partial charge in [0.2, 0.25) is 0 Å². The summed E-state index contributed by atoms with van der Waals surface area (Å²) >= 11 is 0.